The van der Waals surface area contributed by atoms with Crippen LogP contribution in [-0.2, 0) is 28.5 Å². The Kier molecular flexibility index (Phi) is 6.83. The van der Waals surface area contributed by atoms with E-state index in [9.17, 15) is 20.1 Å². The van der Waals surface area contributed by atoms with Crippen LogP contribution in [0, 0.1) is 11.8 Å². The van der Waals surface area contributed by atoms with Crippen molar-refractivity contribution in [1.29, 1.82) is 0 Å². The average Bonchev–Trinajstić information content (AvgIpc) is 3.61. The highest BCUT2D eigenvalue weighted by Gasteiger charge is 2.56. The van der Waals surface area contributed by atoms with Crippen molar-refractivity contribution in [2.75, 3.05) is 34.2 Å². The highest BCUT2D eigenvalue weighted by molar-refractivity contribution is 5.79. The normalized spacial score (nSPS) is 36.5. The second-order valence-corrected chi connectivity index (χ2v) is 11.0. The molecule has 0 unspecified atom stereocenters. The summed E-state index contributed by atoms with van der Waals surface area (Å²) >= 11 is 0. The van der Waals surface area contributed by atoms with Crippen molar-refractivity contribution in [1.82, 2.24) is 0 Å². The number of methoxy groups -OCH3 is 2. The zero-order valence-corrected chi connectivity index (χ0v) is 23.1. The van der Waals surface area contributed by atoms with Gasteiger partial charge in [-0.3, -0.25) is 4.79 Å². The molecule has 0 saturated carbocycles. The van der Waals surface area contributed by atoms with E-state index in [4.69, 9.17) is 42.6 Å². The quantitative estimate of drug-likeness (QED) is 0.430. The molecule has 13 nitrogen and oxygen atoms in total. The molecule has 13 heteroatoms. The largest absolute Gasteiger partial charge is 0.502 e. The first-order valence-electron chi connectivity index (χ1n) is 13.8. The number of aromatic hydroxyl groups is 1. The molecule has 0 spiro atoms. The molecule has 1 aliphatic carbocycles. The number of rotatable bonds is 5. The van der Waals surface area contributed by atoms with Crippen molar-refractivity contribution >= 4 is 5.97 Å². The van der Waals surface area contributed by atoms with Gasteiger partial charge in [-0.15, -0.1) is 0 Å². The third kappa shape index (κ3) is 4.26. The fourth-order valence-corrected chi connectivity index (χ4v) is 6.74. The first-order chi connectivity index (χ1) is 20.3. The standard InChI is InChI=1S/C29H32O13/c1-11-36-9-20-27(40-11)24(31)25(32)29(41-20)42-26-14-7-17-16(38-10-39-17)6-13(14)21(22-15(26)8-37-28(22)33)12-4-18(34-2)23(30)19(5-12)35-3/h4-7,11,15,20-22,24-27,29-32H,8-10H2,1-3H3/t11-,15-,20-,21-,22+,24-,25-,26+,27-,29+/m1/s1. The second-order valence-electron chi connectivity index (χ2n) is 11.0. The van der Waals surface area contributed by atoms with Gasteiger partial charge in [-0.25, -0.2) is 0 Å². The van der Waals surface area contributed by atoms with Gasteiger partial charge in [-0.2, -0.15) is 0 Å². The maximum Gasteiger partial charge on any atom is 0.310 e. The number of phenolic OH excluding ortho intramolecular Hbond substituents is 1. The number of ether oxygens (including phenoxy) is 9. The Morgan fingerprint density at radius 2 is 1.57 bits per heavy atom. The number of benzene rings is 2. The van der Waals surface area contributed by atoms with Crippen LogP contribution in [0.2, 0.25) is 0 Å². The predicted molar refractivity (Wildman–Crippen MR) is 138 cm³/mol. The van der Waals surface area contributed by atoms with Crippen LogP contribution in [0.1, 0.15) is 35.6 Å². The number of esters is 1. The molecule has 10 atom stereocenters. The third-order valence-electron chi connectivity index (χ3n) is 8.75. The van der Waals surface area contributed by atoms with E-state index in [1.165, 1.54) is 14.2 Å². The zero-order valence-electron chi connectivity index (χ0n) is 23.1. The molecule has 7 rings (SSSR count). The van der Waals surface area contributed by atoms with Crippen molar-refractivity contribution in [3.8, 4) is 28.7 Å². The molecule has 226 valence electrons. The van der Waals surface area contributed by atoms with Crippen molar-refractivity contribution in [2.45, 2.75) is 55.9 Å². The maximum absolute atomic E-state index is 13.4. The molecular formula is C29H32O13. The molecule has 4 aliphatic heterocycles. The lowest BCUT2D eigenvalue weighted by molar-refractivity contribution is -0.364. The fourth-order valence-electron chi connectivity index (χ4n) is 6.74. The molecule has 3 N–H and O–H groups in total. The summed E-state index contributed by atoms with van der Waals surface area (Å²) in [6.07, 6.45) is -6.80. The van der Waals surface area contributed by atoms with Gasteiger partial charge in [0.05, 0.1) is 39.5 Å². The summed E-state index contributed by atoms with van der Waals surface area (Å²) in [6.45, 7) is 1.93. The Morgan fingerprint density at radius 1 is 0.881 bits per heavy atom. The number of phenols is 1. The summed E-state index contributed by atoms with van der Waals surface area (Å²) in [7, 11) is 2.86. The van der Waals surface area contributed by atoms with Crippen LogP contribution >= 0.6 is 0 Å². The number of cyclic esters (lactones) is 1. The van der Waals surface area contributed by atoms with Crippen LogP contribution in [0.3, 0.4) is 0 Å². The van der Waals surface area contributed by atoms with E-state index in [0.29, 0.717) is 28.2 Å². The molecule has 3 fully saturated rings. The Bertz CT molecular complexity index is 1350. The lowest BCUT2D eigenvalue weighted by atomic mass is 9.66. The highest BCUT2D eigenvalue weighted by atomic mass is 16.8. The number of carbonyl (C=O) groups excluding carboxylic acids is 1. The van der Waals surface area contributed by atoms with Crippen LogP contribution in [0.5, 0.6) is 28.7 Å². The number of aliphatic hydroxyl groups excluding tert-OH is 2. The summed E-state index contributed by atoms with van der Waals surface area (Å²) in [5.41, 5.74) is 2.01. The minimum atomic E-state index is -1.44. The van der Waals surface area contributed by atoms with E-state index >= 15 is 0 Å². The fraction of sp³-hybridized carbons (Fsp3) is 0.552. The van der Waals surface area contributed by atoms with Crippen LogP contribution in [0.4, 0.5) is 0 Å². The first kappa shape index (κ1) is 27.5. The second kappa shape index (κ2) is 10.4. The molecule has 42 heavy (non-hydrogen) atoms. The summed E-state index contributed by atoms with van der Waals surface area (Å²) in [5, 5.41) is 32.5. The lowest BCUT2D eigenvalue weighted by Crippen LogP contribution is -2.63. The third-order valence-corrected chi connectivity index (χ3v) is 8.75. The van der Waals surface area contributed by atoms with Gasteiger partial charge in [0.25, 0.3) is 0 Å². The molecule has 2 aromatic carbocycles. The number of hydrogen-bond donors (Lipinski definition) is 3. The van der Waals surface area contributed by atoms with Gasteiger partial charge in [0.15, 0.2) is 35.6 Å². The minimum absolute atomic E-state index is 0.0301. The van der Waals surface area contributed by atoms with E-state index in [-0.39, 0.29) is 37.3 Å². The van der Waals surface area contributed by atoms with Gasteiger partial charge < -0.3 is 58.0 Å². The summed E-state index contributed by atoms with van der Waals surface area (Å²) in [6, 6.07) is 6.93. The average molecular weight is 589 g/mol. The maximum atomic E-state index is 13.4. The molecule has 0 amide bonds. The van der Waals surface area contributed by atoms with Gasteiger partial charge in [0.1, 0.15) is 24.4 Å². The SMILES string of the molecule is COc1cc([C@@H]2c3cc4c(cc3[C@H](O[C@@H]3O[C@@H]5CO[C@@H](C)O[C@H]5[C@H](O)[C@H]3O)[C@@H]3COC(=O)[C@H]23)OCO4)cc(OC)c1O. The smallest absolute Gasteiger partial charge is 0.310 e. The van der Waals surface area contributed by atoms with Gasteiger partial charge in [-0.1, -0.05) is 0 Å². The number of carbonyl (C=O) groups is 1. The van der Waals surface area contributed by atoms with Gasteiger partial charge >= 0.3 is 5.97 Å². The summed E-state index contributed by atoms with van der Waals surface area (Å²) < 4.78 is 51.5. The molecular weight excluding hydrogens is 556 g/mol. The Hall–Kier alpha value is -3.33. The number of hydrogen-bond acceptors (Lipinski definition) is 13. The van der Waals surface area contributed by atoms with E-state index in [1.807, 2.05) is 0 Å². The van der Waals surface area contributed by atoms with Crippen molar-refractivity contribution in [2.24, 2.45) is 11.8 Å². The van der Waals surface area contributed by atoms with Gasteiger partial charge in [0.2, 0.25) is 12.5 Å². The van der Waals surface area contributed by atoms with Crippen molar-refractivity contribution in [3.05, 3.63) is 41.0 Å². The van der Waals surface area contributed by atoms with Crippen LogP contribution in [-0.4, -0.2) is 92.5 Å². The zero-order chi connectivity index (χ0) is 29.3. The van der Waals surface area contributed by atoms with E-state index in [2.05, 4.69) is 0 Å². The molecule has 0 aromatic heterocycles. The molecule has 0 bridgehead atoms. The van der Waals surface area contributed by atoms with Crippen LogP contribution in [0.25, 0.3) is 0 Å². The van der Waals surface area contributed by atoms with Crippen molar-refractivity contribution < 1.29 is 62.7 Å². The molecule has 0 radical (unpaired) electrons. The first-order valence-corrected chi connectivity index (χ1v) is 13.8. The van der Waals surface area contributed by atoms with Crippen LogP contribution in [0.15, 0.2) is 24.3 Å². The van der Waals surface area contributed by atoms with Gasteiger partial charge in [-0.05, 0) is 47.9 Å². The van der Waals surface area contributed by atoms with E-state index in [1.54, 1.807) is 31.2 Å². The molecule has 2 aromatic rings. The van der Waals surface area contributed by atoms with Crippen LogP contribution < -0.4 is 18.9 Å². The molecule has 5 aliphatic rings. The highest BCUT2D eigenvalue weighted by Crippen LogP contribution is 2.57. The Morgan fingerprint density at radius 3 is 2.26 bits per heavy atom. The predicted octanol–water partition coefficient (Wildman–Crippen LogP) is 1.34. The number of aliphatic hydroxyl groups is 2. The van der Waals surface area contributed by atoms with Crippen molar-refractivity contribution in [3.63, 3.8) is 0 Å². The molecule has 4 heterocycles. The summed E-state index contributed by atoms with van der Waals surface area (Å²) in [4.78, 5) is 13.4. The minimum Gasteiger partial charge on any atom is -0.502 e. The summed E-state index contributed by atoms with van der Waals surface area (Å²) in [5.74, 6) is -1.02. The Labute approximate surface area is 240 Å². The van der Waals surface area contributed by atoms with E-state index < -0.39 is 66.8 Å². The Balaban J connectivity index is 1.32. The lowest BCUT2D eigenvalue weighted by Gasteiger charge is -2.47. The topological polar surface area (TPSA) is 161 Å². The number of fused-ring (bicyclic) bond motifs is 4. The van der Waals surface area contributed by atoms with Gasteiger partial charge in [0, 0.05) is 11.8 Å². The van der Waals surface area contributed by atoms with E-state index in [0.717, 1.165) is 0 Å². The molecule has 3 saturated heterocycles. The monoisotopic (exact) mass is 588 g/mol.